The van der Waals surface area contributed by atoms with Crippen molar-refractivity contribution in [2.75, 3.05) is 26.2 Å². The Labute approximate surface area is 168 Å². The van der Waals surface area contributed by atoms with E-state index < -0.39 is 0 Å². The van der Waals surface area contributed by atoms with Crippen LogP contribution in [0.25, 0.3) is 0 Å². The van der Waals surface area contributed by atoms with Gasteiger partial charge in [-0.2, -0.15) is 5.26 Å². The van der Waals surface area contributed by atoms with E-state index in [1.54, 1.807) is 23.1 Å². The summed E-state index contributed by atoms with van der Waals surface area (Å²) >= 11 is 11.9. The van der Waals surface area contributed by atoms with E-state index in [0.29, 0.717) is 47.1 Å². The first-order valence-corrected chi connectivity index (χ1v) is 9.92. The van der Waals surface area contributed by atoms with Crippen LogP contribution in [0.5, 0.6) is 0 Å². The van der Waals surface area contributed by atoms with Gasteiger partial charge in [0.15, 0.2) is 0 Å². The van der Waals surface area contributed by atoms with E-state index in [9.17, 15) is 9.59 Å². The number of piperidine rings is 1. The summed E-state index contributed by atoms with van der Waals surface area (Å²) < 4.78 is 0. The number of benzene rings is 1. The molecule has 2 amide bonds. The van der Waals surface area contributed by atoms with Crippen molar-refractivity contribution in [1.82, 2.24) is 15.1 Å². The minimum atomic E-state index is -0.280. The number of carbonyl (C=O) groups excluding carboxylic acids is 2. The van der Waals surface area contributed by atoms with E-state index in [1.165, 1.54) is 0 Å². The first-order valence-electron chi connectivity index (χ1n) is 9.16. The molecule has 2 saturated heterocycles. The molecule has 4 rings (SSSR count). The highest BCUT2D eigenvalue weighted by molar-refractivity contribution is 6.42. The second-order valence-electron chi connectivity index (χ2n) is 7.45. The minimum absolute atomic E-state index is 0.00670. The monoisotopic (exact) mass is 406 g/mol. The number of likely N-dealkylation sites (tertiary alicyclic amines) is 2. The van der Waals surface area contributed by atoms with Crippen molar-refractivity contribution in [2.24, 2.45) is 11.8 Å². The number of halogens is 2. The number of nitriles is 1. The van der Waals surface area contributed by atoms with Crippen LogP contribution in [0.1, 0.15) is 23.2 Å². The summed E-state index contributed by atoms with van der Waals surface area (Å²) in [5.74, 6) is 0.724. The topological polar surface area (TPSA) is 76.4 Å². The van der Waals surface area contributed by atoms with Crippen molar-refractivity contribution in [2.45, 2.75) is 24.9 Å². The van der Waals surface area contributed by atoms with Gasteiger partial charge >= 0.3 is 0 Å². The quantitative estimate of drug-likeness (QED) is 0.830. The molecule has 3 atom stereocenters. The zero-order valence-corrected chi connectivity index (χ0v) is 16.2. The second-order valence-corrected chi connectivity index (χ2v) is 8.26. The zero-order chi connectivity index (χ0) is 19.1. The van der Waals surface area contributed by atoms with Crippen LogP contribution < -0.4 is 5.32 Å². The highest BCUT2D eigenvalue weighted by Gasteiger charge is 2.56. The van der Waals surface area contributed by atoms with E-state index in [1.807, 2.05) is 4.90 Å². The molecule has 1 saturated carbocycles. The average molecular weight is 407 g/mol. The number of carbonyl (C=O) groups is 2. The third-order valence-electron chi connectivity index (χ3n) is 5.86. The van der Waals surface area contributed by atoms with Gasteiger partial charge in [0.25, 0.3) is 5.91 Å². The first-order chi connectivity index (χ1) is 13.0. The van der Waals surface area contributed by atoms with Crippen molar-refractivity contribution >= 4 is 35.0 Å². The molecular weight excluding hydrogens is 387 g/mol. The molecule has 2 aliphatic heterocycles. The molecule has 8 heteroatoms. The maximum absolute atomic E-state index is 12.6. The van der Waals surface area contributed by atoms with Gasteiger partial charge in [-0.1, -0.05) is 23.2 Å². The van der Waals surface area contributed by atoms with Crippen LogP contribution in [-0.4, -0.2) is 59.9 Å². The molecule has 3 unspecified atom stereocenters. The predicted octanol–water partition coefficient (Wildman–Crippen LogP) is 2.17. The fourth-order valence-corrected chi connectivity index (χ4v) is 4.61. The summed E-state index contributed by atoms with van der Waals surface area (Å²) in [5.41, 5.74) is 0.543. The van der Waals surface area contributed by atoms with Crippen LogP contribution in [0, 0.1) is 23.2 Å². The molecule has 1 aromatic rings. The third kappa shape index (κ3) is 3.52. The minimum Gasteiger partial charge on any atom is -0.338 e. The fourth-order valence-electron chi connectivity index (χ4n) is 4.31. The first kappa shape index (κ1) is 18.5. The van der Waals surface area contributed by atoms with Gasteiger partial charge in [0, 0.05) is 31.2 Å². The number of nitrogens with zero attached hydrogens (tertiary/aromatic N) is 3. The molecule has 0 aromatic heterocycles. The molecule has 3 fully saturated rings. The summed E-state index contributed by atoms with van der Waals surface area (Å²) in [4.78, 5) is 28.4. The highest BCUT2D eigenvalue weighted by atomic mass is 35.5. The Kier molecular flexibility index (Phi) is 5.02. The molecule has 142 valence electrons. The Morgan fingerprint density at radius 1 is 1.22 bits per heavy atom. The Balaban J connectivity index is 1.26. The van der Waals surface area contributed by atoms with Crippen LogP contribution in [-0.2, 0) is 4.79 Å². The molecule has 0 radical (unpaired) electrons. The van der Waals surface area contributed by atoms with Crippen LogP contribution in [0.4, 0.5) is 0 Å². The molecule has 1 aliphatic carbocycles. The third-order valence-corrected chi connectivity index (χ3v) is 6.60. The number of hydrogen-bond acceptors (Lipinski definition) is 4. The van der Waals surface area contributed by atoms with Gasteiger partial charge in [0.1, 0.15) is 6.04 Å². The van der Waals surface area contributed by atoms with Gasteiger partial charge in [-0.05, 0) is 42.9 Å². The molecule has 1 aromatic carbocycles. The summed E-state index contributed by atoms with van der Waals surface area (Å²) in [6.07, 6.45) is 1.66. The second kappa shape index (κ2) is 7.31. The smallest absolute Gasteiger partial charge is 0.253 e. The van der Waals surface area contributed by atoms with E-state index in [4.69, 9.17) is 28.5 Å². The van der Waals surface area contributed by atoms with Gasteiger partial charge in [-0.15, -0.1) is 0 Å². The number of fused-ring (bicyclic) bond motifs is 1. The lowest BCUT2D eigenvalue weighted by molar-refractivity contribution is -0.130. The highest BCUT2D eigenvalue weighted by Crippen LogP contribution is 2.45. The van der Waals surface area contributed by atoms with Crippen molar-refractivity contribution in [1.29, 1.82) is 5.26 Å². The summed E-state index contributed by atoms with van der Waals surface area (Å²) in [6.45, 7) is 2.29. The van der Waals surface area contributed by atoms with Gasteiger partial charge in [0.2, 0.25) is 5.91 Å². The average Bonchev–Trinajstić information content (AvgIpc) is 3.06. The number of amides is 2. The van der Waals surface area contributed by atoms with Crippen molar-refractivity contribution in [3.05, 3.63) is 33.8 Å². The van der Waals surface area contributed by atoms with Gasteiger partial charge in [0.05, 0.1) is 22.7 Å². The van der Waals surface area contributed by atoms with Crippen LogP contribution in [0.2, 0.25) is 10.0 Å². The normalized spacial score (nSPS) is 28.8. The maximum Gasteiger partial charge on any atom is 0.253 e. The lowest BCUT2D eigenvalue weighted by atomic mass is 10.2. The van der Waals surface area contributed by atoms with Crippen LogP contribution in [0.15, 0.2) is 18.2 Å². The molecule has 0 bridgehead atoms. The molecular formula is C19H20Cl2N4O2. The van der Waals surface area contributed by atoms with Gasteiger partial charge in [-0.25, -0.2) is 0 Å². The molecule has 2 heterocycles. The fraction of sp³-hybridized carbons (Fsp3) is 0.526. The van der Waals surface area contributed by atoms with Gasteiger partial charge in [-0.3, -0.25) is 9.59 Å². The van der Waals surface area contributed by atoms with E-state index in [-0.39, 0.29) is 30.4 Å². The van der Waals surface area contributed by atoms with E-state index in [2.05, 4.69) is 11.4 Å². The zero-order valence-electron chi connectivity index (χ0n) is 14.7. The largest absolute Gasteiger partial charge is 0.338 e. The van der Waals surface area contributed by atoms with Crippen molar-refractivity contribution < 1.29 is 9.59 Å². The summed E-state index contributed by atoms with van der Waals surface area (Å²) in [5, 5.41) is 13.2. The Morgan fingerprint density at radius 2 is 1.96 bits per heavy atom. The molecule has 27 heavy (non-hydrogen) atoms. The predicted molar refractivity (Wildman–Crippen MR) is 101 cm³/mol. The molecule has 0 spiro atoms. The van der Waals surface area contributed by atoms with Gasteiger partial charge < -0.3 is 15.1 Å². The maximum atomic E-state index is 12.6. The Hall–Kier alpha value is -1.81. The lowest BCUT2D eigenvalue weighted by Crippen LogP contribution is -2.43. The van der Waals surface area contributed by atoms with E-state index >= 15 is 0 Å². The Morgan fingerprint density at radius 3 is 2.63 bits per heavy atom. The molecule has 6 nitrogen and oxygen atoms in total. The van der Waals surface area contributed by atoms with Crippen LogP contribution >= 0.6 is 23.2 Å². The summed E-state index contributed by atoms with van der Waals surface area (Å²) in [7, 11) is 0. The number of nitrogens with one attached hydrogen (secondary N) is 1. The SMILES string of the molecule is N#CC1CCCN1C(=O)CNC1C2CN(C(=O)c3ccc(Cl)c(Cl)c3)CC21. The van der Waals surface area contributed by atoms with Crippen LogP contribution in [0.3, 0.4) is 0 Å². The lowest BCUT2D eigenvalue weighted by Gasteiger charge is -2.22. The molecule has 1 N–H and O–H groups in total. The van der Waals surface area contributed by atoms with Crippen molar-refractivity contribution in [3.8, 4) is 6.07 Å². The number of hydrogen-bond donors (Lipinski definition) is 1. The Bertz CT molecular complexity index is 812. The number of rotatable bonds is 4. The van der Waals surface area contributed by atoms with Crippen molar-refractivity contribution in [3.63, 3.8) is 0 Å². The standard InChI is InChI=1S/C19H20Cl2N4O2/c20-15-4-3-11(6-16(15)21)19(27)24-9-13-14(10-24)18(13)23-8-17(26)25-5-1-2-12(25)7-22/h3-4,6,12-14,18,23H,1-2,5,8-10H2. The molecule has 3 aliphatic rings. The summed E-state index contributed by atoms with van der Waals surface area (Å²) in [6, 6.07) is 7.12. The van der Waals surface area contributed by atoms with E-state index in [0.717, 1.165) is 12.8 Å².